The van der Waals surface area contributed by atoms with Crippen LogP contribution in [0.5, 0.6) is 5.75 Å². The number of benzene rings is 2. The zero-order valence-corrected chi connectivity index (χ0v) is 19.0. The van der Waals surface area contributed by atoms with Crippen molar-refractivity contribution in [2.24, 2.45) is 0 Å². The number of hydrogen-bond acceptors (Lipinski definition) is 5. The number of aliphatic carboxylic acids is 1. The van der Waals surface area contributed by atoms with Gasteiger partial charge in [0.15, 0.2) is 5.75 Å². The van der Waals surface area contributed by atoms with Crippen LogP contribution in [-0.4, -0.2) is 54.4 Å². The maximum Gasteiger partial charge on any atom is 0.415 e. The summed E-state index contributed by atoms with van der Waals surface area (Å²) in [7, 11) is 0. The summed E-state index contributed by atoms with van der Waals surface area (Å²) in [5, 5.41) is 13.5. The Morgan fingerprint density at radius 2 is 1.91 bits per heavy atom. The molecule has 0 spiro atoms. The van der Waals surface area contributed by atoms with Gasteiger partial charge in [0.2, 0.25) is 0 Å². The van der Waals surface area contributed by atoms with Crippen molar-refractivity contribution >= 4 is 41.0 Å². The molecule has 1 aliphatic rings. The Hall–Kier alpha value is -2.74. The highest BCUT2D eigenvalue weighted by molar-refractivity contribution is 6.32. The molecular weight excluding hydrogens is 455 g/mol. The fourth-order valence-electron chi connectivity index (χ4n) is 3.28. The van der Waals surface area contributed by atoms with Crippen molar-refractivity contribution in [3.05, 3.63) is 69.7 Å². The minimum Gasteiger partial charge on any atom is -0.480 e. The van der Waals surface area contributed by atoms with E-state index in [2.05, 4.69) is 5.32 Å². The fraction of sp³-hybridized carbons (Fsp3) is 0.304. The zero-order chi connectivity index (χ0) is 23.1. The van der Waals surface area contributed by atoms with E-state index in [0.717, 1.165) is 0 Å². The number of carboxylic acids is 1. The van der Waals surface area contributed by atoms with E-state index in [0.29, 0.717) is 48.1 Å². The zero-order valence-electron chi connectivity index (χ0n) is 17.5. The van der Waals surface area contributed by atoms with Gasteiger partial charge in [-0.05, 0) is 30.7 Å². The predicted octanol–water partition coefficient (Wildman–Crippen LogP) is 4.47. The van der Waals surface area contributed by atoms with Gasteiger partial charge in [-0.25, -0.2) is 9.59 Å². The predicted molar refractivity (Wildman–Crippen MR) is 123 cm³/mol. The molecule has 170 valence electrons. The normalized spacial score (nSPS) is 15.2. The molecule has 0 aromatic heterocycles. The van der Waals surface area contributed by atoms with E-state index in [9.17, 15) is 14.7 Å². The monoisotopic (exact) mass is 478 g/mol. The van der Waals surface area contributed by atoms with E-state index in [1.165, 1.54) is 0 Å². The first-order valence-corrected chi connectivity index (χ1v) is 10.9. The first kappa shape index (κ1) is 23.9. The molecule has 0 bridgehead atoms. The second kappa shape index (κ2) is 11.2. The molecule has 1 heterocycles. The standard InChI is InChI=1S/C23H24Cl2N2O5/c1-2-19(16-5-3-4-6-17(16)24)26-20(22(28)29)14-15-7-8-21(18(25)13-15)32-23(30)27-9-11-31-12-10-27/h2-8,13,20,26H,9-12,14H2,1H3,(H,28,29)/b19-2-/t20-/m0/s1. The van der Waals surface area contributed by atoms with Crippen molar-refractivity contribution in [1.29, 1.82) is 0 Å². The molecule has 2 N–H and O–H groups in total. The van der Waals surface area contributed by atoms with Gasteiger partial charge in [0.1, 0.15) is 6.04 Å². The van der Waals surface area contributed by atoms with Gasteiger partial charge in [-0.15, -0.1) is 0 Å². The molecule has 7 nitrogen and oxygen atoms in total. The topological polar surface area (TPSA) is 88.1 Å². The lowest BCUT2D eigenvalue weighted by Crippen LogP contribution is -2.42. The number of ether oxygens (including phenoxy) is 2. The highest BCUT2D eigenvalue weighted by atomic mass is 35.5. The van der Waals surface area contributed by atoms with Crippen molar-refractivity contribution in [2.75, 3.05) is 26.3 Å². The lowest BCUT2D eigenvalue weighted by molar-refractivity contribution is -0.139. The number of rotatable bonds is 7. The number of morpholine rings is 1. The number of hydrogen-bond donors (Lipinski definition) is 2. The largest absolute Gasteiger partial charge is 0.480 e. The molecule has 0 radical (unpaired) electrons. The van der Waals surface area contributed by atoms with E-state index in [1.807, 2.05) is 18.2 Å². The lowest BCUT2D eigenvalue weighted by atomic mass is 10.0. The van der Waals surface area contributed by atoms with E-state index < -0.39 is 18.1 Å². The van der Waals surface area contributed by atoms with Gasteiger partial charge in [0.25, 0.3) is 0 Å². The molecule has 2 aromatic carbocycles. The first-order valence-electron chi connectivity index (χ1n) is 10.1. The number of carbonyl (C=O) groups excluding carboxylic acids is 1. The van der Waals surface area contributed by atoms with Crippen LogP contribution in [0.3, 0.4) is 0 Å². The molecule has 0 saturated carbocycles. The number of nitrogens with zero attached hydrogens (tertiary/aromatic N) is 1. The number of allylic oxidation sites excluding steroid dienone is 1. The van der Waals surface area contributed by atoms with Gasteiger partial charge in [-0.1, -0.05) is 53.5 Å². The van der Waals surface area contributed by atoms with E-state index in [4.69, 9.17) is 32.7 Å². The van der Waals surface area contributed by atoms with Gasteiger partial charge in [0.05, 0.1) is 18.2 Å². The minimum absolute atomic E-state index is 0.161. The van der Waals surface area contributed by atoms with E-state index >= 15 is 0 Å². The van der Waals surface area contributed by atoms with Crippen molar-refractivity contribution < 1.29 is 24.2 Å². The smallest absolute Gasteiger partial charge is 0.415 e. The van der Waals surface area contributed by atoms with E-state index in [1.54, 1.807) is 42.2 Å². The van der Waals surface area contributed by atoms with Crippen LogP contribution < -0.4 is 10.1 Å². The molecule has 1 saturated heterocycles. The third-order valence-corrected chi connectivity index (χ3v) is 5.61. The summed E-state index contributed by atoms with van der Waals surface area (Å²) < 4.78 is 10.6. The van der Waals surface area contributed by atoms with Gasteiger partial charge >= 0.3 is 12.1 Å². The Kier molecular flexibility index (Phi) is 8.39. The second-order valence-electron chi connectivity index (χ2n) is 7.15. The number of carbonyl (C=O) groups is 2. The number of carboxylic acid groups (broad SMARTS) is 1. The Labute approximate surface area is 196 Å². The molecule has 1 atom stereocenters. The quantitative estimate of drug-likeness (QED) is 0.610. The van der Waals surface area contributed by atoms with Crippen LogP contribution in [0, 0.1) is 0 Å². The summed E-state index contributed by atoms with van der Waals surface area (Å²) in [6, 6.07) is 11.1. The highest BCUT2D eigenvalue weighted by Gasteiger charge is 2.22. The summed E-state index contributed by atoms with van der Waals surface area (Å²) in [6.45, 7) is 3.65. The second-order valence-corrected chi connectivity index (χ2v) is 7.97. The van der Waals surface area contributed by atoms with Crippen LogP contribution in [-0.2, 0) is 16.0 Å². The van der Waals surface area contributed by atoms with Crippen LogP contribution >= 0.6 is 23.2 Å². The molecule has 1 fully saturated rings. The lowest BCUT2D eigenvalue weighted by Gasteiger charge is -2.26. The summed E-state index contributed by atoms with van der Waals surface area (Å²) in [5.41, 5.74) is 2.01. The summed E-state index contributed by atoms with van der Waals surface area (Å²) >= 11 is 12.6. The van der Waals surface area contributed by atoms with Crippen molar-refractivity contribution in [2.45, 2.75) is 19.4 Å². The average molecular weight is 479 g/mol. The molecule has 1 amide bonds. The van der Waals surface area contributed by atoms with Gasteiger partial charge in [0, 0.05) is 35.8 Å². The first-order chi connectivity index (χ1) is 15.4. The molecule has 1 aliphatic heterocycles. The highest BCUT2D eigenvalue weighted by Crippen LogP contribution is 2.27. The van der Waals surface area contributed by atoms with Gasteiger partial charge < -0.3 is 24.8 Å². The van der Waals surface area contributed by atoms with Gasteiger partial charge in [-0.3, -0.25) is 0 Å². The molecule has 32 heavy (non-hydrogen) atoms. The molecule has 2 aromatic rings. The average Bonchev–Trinajstić information content (AvgIpc) is 2.79. The summed E-state index contributed by atoms with van der Waals surface area (Å²) in [5.74, 6) is -0.799. The minimum atomic E-state index is -1.02. The number of amides is 1. The number of nitrogens with one attached hydrogen (secondary N) is 1. The summed E-state index contributed by atoms with van der Waals surface area (Å²) in [6.07, 6.45) is 1.44. The van der Waals surface area contributed by atoms with Crippen LogP contribution in [0.25, 0.3) is 5.70 Å². The van der Waals surface area contributed by atoms with Crippen molar-refractivity contribution in [3.63, 3.8) is 0 Å². The Morgan fingerprint density at radius 3 is 2.53 bits per heavy atom. The van der Waals surface area contributed by atoms with Gasteiger partial charge in [-0.2, -0.15) is 0 Å². The molecule has 3 rings (SSSR count). The van der Waals surface area contributed by atoms with Crippen LogP contribution in [0.15, 0.2) is 48.5 Å². The Balaban J connectivity index is 1.69. The third-order valence-electron chi connectivity index (χ3n) is 4.98. The molecule has 0 unspecified atom stereocenters. The van der Waals surface area contributed by atoms with E-state index in [-0.39, 0.29) is 17.2 Å². The van der Waals surface area contributed by atoms with Crippen LogP contribution in [0.4, 0.5) is 4.79 Å². The maximum atomic E-state index is 12.3. The van der Waals surface area contributed by atoms with Crippen LogP contribution in [0.2, 0.25) is 10.0 Å². The van der Waals surface area contributed by atoms with Crippen molar-refractivity contribution in [1.82, 2.24) is 10.2 Å². The van der Waals surface area contributed by atoms with Crippen molar-refractivity contribution in [3.8, 4) is 5.75 Å². The molecule has 9 heteroatoms. The summed E-state index contributed by atoms with van der Waals surface area (Å²) in [4.78, 5) is 25.7. The number of halogens is 2. The fourth-order valence-corrected chi connectivity index (χ4v) is 3.76. The SMILES string of the molecule is C/C=C(\N[C@@H](Cc1ccc(OC(=O)N2CCOCC2)c(Cl)c1)C(=O)O)c1ccccc1Cl. The Morgan fingerprint density at radius 1 is 1.19 bits per heavy atom. The van der Waals surface area contributed by atoms with Crippen LogP contribution in [0.1, 0.15) is 18.1 Å². The molecular formula is C23H24Cl2N2O5. The third kappa shape index (κ3) is 6.16. The Bertz CT molecular complexity index is 1010. The maximum absolute atomic E-state index is 12.3. The molecule has 0 aliphatic carbocycles.